The molecule has 0 aromatic rings. The maximum Gasteiger partial charge on any atom is 0.107 e. The summed E-state index contributed by atoms with van der Waals surface area (Å²) in [4.78, 5) is 0. The zero-order valence-electron chi connectivity index (χ0n) is 7.43. The quantitative estimate of drug-likeness (QED) is 0.623. The lowest BCUT2D eigenvalue weighted by atomic mass is 9.99. The Labute approximate surface area is 80.5 Å². The van der Waals surface area contributed by atoms with Crippen LogP contribution < -0.4 is 5.32 Å². The zero-order valence-corrected chi connectivity index (χ0v) is 8.25. The Morgan fingerprint density at radius 1 is 1.42 bits per heavy atom. The number of ether oxygens (including phenoxy) is 1. The van der Waals surface area contributed by atoms with Crippen molar-refractivity contribution in [1.29, 1.82) is 0 Å². The minimum Gasteiger partial charge on any atom is -0.372 e. The molecule has 0 amide bonds. The van der Waals surface area contributed by atoms with Crippen LogP contribution in [0.4, 0.5) is 0 Å². The molecule has 1 fully saturated rings. The Morgan fingerprint density at radius 2 is 2.08 bits per heavy atom. The topological polar surface area (TPSA) is 21.3 Å². The van der Waals surface area contributed by atoms with E-state index in [1.54, 1.807) is 7.11 Å². The van der Waals surface area contributed by atoms with Gasteiger partial charge in [-0.2, -0.15) is 0 Å². The van der Waals surface area contributed by atoms with Crippen molar-refractivity contribution >= 4 is 12.4 Å². The van der Waals surface area contributed by atoms with Crippen LogP contribution in [-0.4, -0.2) is 26.8 Å². The van der Waals surface area contributed by atoms with Crippen LogP contribution in [0.2, 0.25) is 0 Å². The molecule has 0 aliphatic carbocycles. The van der Waals surface area contributed by atoms with Crippen molar-refractivity contribution in [2.45, 2.75) is 12.8 Å². The summed E-state index contributed by atoms with van der Waals surface area (Å²) in [6, 6.07) is 0. The van der Waals surface area contributed by atoms with Gasteiger partial charge in [0.15, 0.2) is 0 Å². The lowest BCUT2D eigenvalue weighted by Crippen LogP contribution is -2.26. The van der Waals surface area contributed by atoms with Crippen molar-refractivity contribution in [3.63, 3.8) is 0 Å². The van der Waals surface area contributed by atoms with Gasteiger partial charge in [0.2, 0.25) is 0 Å². The molecule has 0 saturated carbocycles. The van der Waals surface area contributed by atoms with Crippen molar-refractivity contribution in [1.82, 2.24) is 5.32 Å². The summed E-state index contributed by atoms with van der Waals surface area (Å²) in [6.45, 7) is 2.81. The van der Waals surface area contributed by atoms with Gasteiger partial charge in [-0.15, -0.1) is 12.4 Å². The fourth-order valence-corrected chi connectivity index (χ4v) is 1.22. The number of hydrogen-bond acceptors (Lipinski definition) is 2. The normalized spacial score (nSPS) is 17.4. The first-order valence-electron chi connectivity index (χ1n) is 4.11. The van der Waals surface area contributed by atoms with Gasteiger partial charge in [0.1, 0.15) is 6.61 Å². The molecule has 70 valence electrons. The zero-order chi connectivity index (χ0) is 7.94. The first-order chi connectivity index (χ1) is 5.43. The minimum atomic E-state index is 0. The highest BCUT2D eigenvalue weighted by Crippen LogP contribution is 2.08. The van der Waals surface area contributed by atoms with Gasteiger partial charge < -0.3 is 10.1 Å². The van der Waals surface area contributed by atoms with Gasteiger partial charge in [-0.1, -0.05) is 11.8 Å². The Bertz CT molecular complexity index is 156. The molecule has 1 saturated heterocycles. The predicted octanol–water partition coefficient (Wildman–Crippen LogP) is 1.06. The maximum absolute atomic E-state index is 4.84. The van der Waals surface area contributed by atoms with E-state index in [1.165, 1.54) is 12.8 Å². The summed E-state index contributed by atoms with van der Waals surface area (Å²) in [7, 11) is 1.68. The molecule has 3 heteroatoms. The molecular formula is C9H16ClNO. The van der Waals surface area contributed by atoms with Crippen molar-refractivity contribution in [2.75, 3.05) is 26.8 Å². The fraction of sp³-hybridized carbons (Fsp3) is 0.778. The molecule has 0 spiro atoms. The Balaban J connectivity index is 0.00000121. The molecule has 1 N–H and O–H groups in total. The van der Waals surface area contributed by atoms with E-state index >= 15 is 0 Å². The second-order valence-corrected chi connectivity index (χ2v) is 2.78. The highest BCUT2D eigenvalue weighted by Gasteiger charge is 2.08. The maximum atomic E-state index is 4.84. The Kier molecular flexibility index (Phi) is 7.28. The van der Waals surface area contributed by atoms with Crippen molar-refractivity contribution in [3.8, 4) is 11.8 Å². The molecule has 1 heterocycles. The number of rotatable bonds is 1. The summed E-state index contributed by atoms with van der Waals surface area (Å²) in [5.74, 6) is 6.82. The molecule has 0 aromatic heterocycles. The largest absolute Gasteiger partial charge is 0.372 e. The average Bonchev–Trinajstić information content (AvgIpc) is 2.07. The third-order valence-corrected chi connectivity index (χ3v) is 1.86. The second-order valence-electron chi connectivity index (χ2n) is 2.78. The van der Waals surface area contributed by atoms with Crippen LogP contribution in [0.15, 0.2) is 0 Å². The number of hydrogen-bond donors (Lipinski definition) is 1. The first-order valence-corrected chi connectivity index (χ1v) is 4.11. The molecule has 0 unspecified atom stereocenters. The van der Waals surface area contributed by atoms with Crippen LogP contribution in [0.25, 0.3) is 0 Å². The highest BCUT2D eigenvalue weighted by molar-refractivity contribution is 5.85. The average molecular weight is 190 g/mol. The highest BCUT2D eigenvalue weighted by atomic mass is 35.5. The third kappa shape index (κ3) is 4.61. The van der Waals surface area contributed by atoms with Gasteiger partial charge >= 0.3 is 0 Å². The van der Waals surface area contributed by atoms with Crippen molar-refractivity contribution in [3.05, 3.63) is 0 Å². The molecule has 0 bridgehead atoms. The molecule has 0 aromatic carbocycles. The summed E-state index contributed by atoms with van der Waals surface area (Å²) in [5, 5.41) is 3.31. The molecule has 2 nitrogen and oxygen atoms in total. The van der Waals surface area contributed by atoms with Gasteiger partial charge in [0.25, 0.3) is 0 Å². The molecule has 1 aliphatic rings. The van der Waals surface area contributed by atoms with Crippen LogP contribution in [0.5, 0.6) is 0 Å². The molecule has 1 rings (SSSR count). The fourth-order valence-electron chi connectivity index (χ4n) is 1.22. The number of halogens is 1. The number of nitrogens with one attached hydrogen (secondary N) is 1. The van der Waals surface area contributed by atoms with Crippen LogP contribution in [0.3, 0.4) is 0 Å². The molecular weight excluding hydrogens is 174 g/mol. The third-order valence-electron chi connectivity index (χ3n) is 1.86. The van der Waals surface area contributed by atoms with E-state index in [4.69, 9.17) is 4.74 Å². The van der Waals surface area contributed by atoms with E-state index in [2.05, 4.69) is 17.2 Å². The van der Waals surface area contributed by atoms with Gasteiger partial charge in [0.05, 0.1) is 0 Å². The van der Waals surface area contributed by atoms with Crippen LogP contribution in [0.1, 0.15) is 12.8 Å². The molecule has 0 radical (unpaired) electrons. The Hall–Kier alpha value is -0.230. The predicted molar refractivity (Wildman–Crippen MR) is 52.5 cm³/mol. The summed E-state index contributed by atoms with van der Waals surface area (Å²) in [6.07, 6.45) is 2.38. The number of piperidine rings is 1. The van der Waals surface area contributed by atoms with Crippen molar-refractivity contribution in [2.24, 2.45) is 5.92 Å². The summed E-state index contributed by atoms with van der Waals surface area (Å²) in [5.41, 5.74) is 0. The van der Waals surface area contributed by atoms with E-state index < -0.39 is 0 Å². The van der Waals surface area contributed by atoms with E-state index in [-0.39, 0.29) is 12.4 Å². The Morgan fingerprint density at radius 3 is 2.67 bits per heavy atom. The second kappa shape index (κ2) is 7.42. The van der Waals surface area contributed by atoms with E-state index in [1.807, 2.05) is 0 Å². The minimum absolute atomic E-state index is 0. The van der Waals surface area contributed by atoms with Gasteiger partial charge in [-0.3, -0.25) is 0 Å². The lowest BCUT2D eigenvalue weighted by molar-refractivity contribution is 0.239. The van der Waals surface area contributed by atoms with E-state index in [9.17, 15) is 0 Å². The lowest BCUT2D eigenvalue weighted by Gasteiger charge is -2.17. The molecule has 0 atom stereocenters. The summed E-state index contributed by atoms with van der Waals surface area (Å²) < 4.78 is 4.84. The van der Waals surface area contributed by atoms with Crippen LogP contribution >= 0.6 is 12.4 Å². The standard InChI is InChI=1S/C9H15NO.ClH/c1-11-8-2-3-9-4-6-10-7-5-9;/h9-10H,4-8H2,1H3;1H. The van der Waals surface area contributed by atoms with E-state index in [0.29, 0.717) is 12.5 Å². The van der Waals surface area contributed by atoms with Gasteiger partial charge in [0, 0.05) is 13.0 Å². The van der Waals surface area contributed by atoms with Gasteiger partial charge in [-0.05, 0) is 25.9 Å². The van der Waals surface area contributed by atoms with Gasteiger partial charge in [-0.25, -0.2) is 0 Å². The van der Waals surface area contributed by atoms with Crippen LogP contribution in [-0.2, 0) is 4.74 Å². The molecule has 12 heavy (non-hydrogen) atoms. The van der Waals surface area contributed by atoms with Crippen LogP contribution in [0, 0.1) is 17.8 Å². The smallest absolute Gasteiger partial charge is 0.107 e. The number of methoxy groups -OCH3 is 1. The van der Waals surface area contributed by atoms with Crippen molar-refractivity contribution < 1.29 is 4.74 Å². The van der Waals surface area contributed by atoms with E-state index in [0.717, 1.165) is 13.1 Å². The monoisotopic (exact) mass is 189 g/mol. The molecule has 1 aliphatic heterocycles. The first kappa shape index (κ1) is 11.8. The summed E-state index contributed by atoms with van der Waals surface area (Å²) >= 11 is 0. The SMILES string of the molecule is COCC#CC1CCNCC1.Cl.